The lowest BCUT2D eigenvalue weighted by Crippen LogP contribution is -2.27. The average Bonchev–Trinajstić information content (AvgIpc) is 2.09. The standard InChI is InChI=1S/C10H16O3/c1-2-9(10(12)13)7-3-5-8(11)6-4-7/h2,7-9,11H,1,3-6H2,(H,12,13). The Morgan fingerprint density at radius 1 is 1.38 bits per heavy atom. The molecular weight excluding hydrogens is 168 g/mol. The fourth-order valence-electron chi connectivity index (χ4n) is 1.96. The van der Waals surface area contributed by atoms with E-state index < -0.39 is 11.9 Å². The lowest BCUT2D eigenvalue weighted by molar-refractivity contribution is -0.142. The highest BCUT2D eigenvalue weighted by Crippen LogP contribution is 2.30. The van der Waals surface area contributed by atoms with E-state index in [9.17, 15) is 9.90 Å². The normalized spacial score (nSPS) is 30.8. The predicted octanol–water partition coefficient (Wildman–Crippen LogP) is 1.42. The largest absolute Gasteiger partial charge is 0.481 e. The molecule has 3 nitrogen and oxygen atoms in total. The van der Waals surface area contributed by atoms with Crippen molar-refractivity contribution in [3.8, 4) is 0 Å². The minimum Gasteiger partial charge on any atom is -0.481 e. The SMILES string of the molecule is C=CC(C(=O)O)C1CCC(O)CC1. The minimum absolute atomic E-state index is 0.165. The van der Waals surface area contributed by atoms with E-state index in [2.05, 4.69) is 6.58 Å². The molecule has 3 heteroatoms. The van der Waals surface area contributed by atoms with Crippen LogP contribution in [0.15, 0.2) is 12.7 Å². The lowest BCUT2D eigenvalue weighted by Gasteiger charge is -2.28. The van der Waals surface area contributed by atoms with Crippen molar-refractivity contribution in [1.82, 2.24) is 0 Å². The zero-order valence-corrected chi connectivity index (χ0v) is 7.65. The Kier molecular flexibility index (Phi) is 3.48. The molecule has 1 saturated carbocycles. The minimum atomic E-state index is -0.795. The summed E-state index contributed by atoms with van der Waals surface area (Å²) in [6, 6.07) is 0. The number of carboxylic acid groups (broad SMARTS) is 1. The third kappa shape index (κ3) is 2.56. The summed E-state index contributed by atoms with van der Waals surface area (Å²) in [5.74, 6) is -1.07. The van der Waals surface area contributed by atoms with Gasteiger partial charge in [0.1, 0.15) is 0 Å². The molecule has 0 bridgehead atoms. The number of aliphatic carboxylic acids is 1. The maximum Gasteiger partial charge on any atom is 0.310 e. The van der Waals surface area contributed by atoms with Gasteiger partial charge >= 0.3 is 5.97 Å². The van der Waals surface area contributed by atoms with Gasteiger partial charge in [-0.1, -0.05) is 6.08 Å². The fourth-order valence-corrected chi connectivity index (χ4v) is 1.96. The first-order valence-corrected chi connectivity index (χ1v) is 4.68. The molecule has 0 amide bonds. The maximum absolute atomic E-state index is 10.8. The number of aliphatic hydroxyl groups excluding tert-OH is 1. The van der Waals surface area contributed by atoms with E-state index in [4.69, 9.17) is 5.11 Å². The van der Waals surface area contributed by atoms with Crippen molar-refractivity contribution in [2.24, 2.45) is 11.8 Å². The van der Waals surface area contributed by atoms with E-state index in [1.165, 1.54) is 6.08 Å². The van der Waals surface area contributed by atoms with E-state index in [1.54, 1.807) is 0 Å². The van der Waals surface area contributed by atoms with Gasteiger partial charge in [0.15, 0.2) is 0 Å². The van der Waals surface area contributed by atoms with Gasteiger partial charge in [0.25, 0.3) is 0 Å². The Morgan fingerprint density at radius 3 is 2.31 bits per heavy atom. The molecular formula is C10H16O3. The lowest BCUT2D eigenvalue weighted by atomic mass is 9.79. The van der Waals surface area contributed by atoms with Gasteiger partial charge in [0.05, 0.1) is 12.0 Å². The van der Waals surface area contributed by atoms with E-state index in [0.717, 1.165) is 25.7 Å². The molecule has 1 unspecified atom stereocenters. The van der Waals surface area contributed by atoms with Crippen LogP contribution >= 0.6 is 0 Å². The molecule has 1 aliphatic carbocycles. The van der Waals surface area contributed by atoms with Gasteiger partial charge in [-0.25, -0.2) is 0 Å². The molecule has 0 aromatic heterocycles. The monoisotopic (exact) mass is 184 g/mol. The number of carbonyl (C=O) groups is 1. The van der Waals surface area contributed by atoms with E-state index in [-0.39, 0.29) is 12.0 Å². The average molecular weight is 184 g/mol. The molecule has 0 radical (unpaired) electrons. The molecule has 0 saturated heterocycles. The third-order valence-corrected chi connectivity index (χ3v) is 2.79. The fraction of sp³-hybridized carbons (Fsp3) is 0.700. The Balaban J connectivity index is 2.51. The van der Waals surface area contributed by atoms with E-state index in [0.29, 0.717) is 0 Å². The second-order valence-corrected chi connectivity index (χ2v) is 3.67. The summed E-state index contributed by atoms with van der Waals surface area (Å²) in [7, 11) is 0. The number of hydrogen-bond donors (Lipinski definition) is 2. The van der Waals surface area contributed by atoms with Crippen molar-refractivity contribution in [1.29, 1.82) is 0 Å². The maximum atomic E-state index is 10.8. The van der Waals surface area contributed by atoms with Crippen LogP contribution in [0.5, 0.6) is 0 Å². The molecule has 1 aliphatic rings. The van der Waals surface area contributed by atoms with Crippen LogP contribution in [0.3, 0.4) is 0 Å². The molecule has 0 aromatic carbocycles. The van der Waals surface area contributed by atoms with Gasteiger partial charge < -0.3 is 10.2 Å². The van der Waals surface area contributed by atoms with Crippen LogP contribution in [0.2, 0.25) is 0 Å². The summed E-state index contributed by atoms with van der Waals surface area (Å²) in [5, 5.41) is 18.1. The molecule has 1 atom stereocenters. The quantitative estimate of drug-likeness (QED) is 0.652. The van der Waals surface area contributed by atoms with Crippen molar-refractivity contribution < 1.29 is 15.0 Å². The zero-order valence-electron chi connectivity index (χ0n) is 7.65. The summed E-state index contributed by atoms with van der Waals surface area (Å²) in [5.41, 5.74) is 0. The Labute approximate surface area is 78.1 Å². The summed E-state index contributed by atoms with van der Waals surface area (Å²) in [4.78, 5) is 10.8. The van der Waals surface area contributed by atoms with Crippen LogP contribution in [0.1, 0.15) is 25.7 Å². The molecule has 0 aromatic rings. The van der Waals surface area contributed by atoms with Gasteiger partial charge in [-0.3, -0.25) is 4.79 Å². The molecule has 1 rings (SSSR count). The van der Waals surface area contributed by atoms with Crippen molar-refractivity contribution in [3.63, 3.8) is 0 Å². The van der Waals surface area contributed by atoms with Crippen LogP contribution in [0, 0.1) is 11.8 Å². The van der Waals surface area contributed by atoms with Gasteiger partial charge in [0.2, 0.25) is 0 Å². The van der Waals surface area contributed by atoms with E-state index >= 15 is 0 Å². The highest BCUT2D eigenvalue weighted by atomic mass is 16.4. The smallest absolute Gasteiger partial charge is 0.310 e. The molecule has 0 spiro atoms. The summed E-state index contributed by atoms with van der Waals surface area (Å²) >= 11 is 0. The number of aliphatic hydroxyl groups is 1. The molecule has 0 aliphatic heterocycles. The van der Waals surface area contributed by atoms with Gasteiger partial charge in [-0.15, -0.1) is 6.58 Å². The predicted molar refractivity (Wildman–Crippen MR) is 49.3 cm³/mol. The molecule has 13 heavy (non-hydrogen) atoms. The number of hydrogen-bond acceptors (Lipinski definition) is 2. The Bertz CT molecular complexity index is 192. The highest BCUT2D eigenvalue weighted by molar-refractivity contribution is 5.72. The van der Waals surface area contributed by atoms with Crippen LogP contribution in [-0.4, -0.2) is 22.3 Å². The van der Waals surface area contributed by atoms with Crippen LogP contribution in [0.4, 0.5) is 0 Å². The van der Waals surface area contributed by atoms with E-state index in [1.807, 2.05) is 0 Å². The summed E-state index contributed by atoms with van der Waals surface area (Å²) in [6.45, 7) is 3.53. The van der Waals surface area contributed by atoms with Gasteiger partial charge in [-0.05, 0) is 31.6 Å². The molecule has 74 valence electrons. The first kappa shape index (κ1) is 10.3. The highest BCUT2D eigenvalue weighted by Gasteiger charge is 2.29. The van der Waals surface area contributed by atoms with Crippen molar-refractivity contribution in [3.05, 3.63) is 12.7 Å². The molecule has 1 fully saturated rings. The van der Waals surface area contributed by atoms with Crippen LogP contribution < -0.4 is 0 Å². The second-order valence-electron chi connectivity index (χ2n) is 3.67. The topological polar surface area (TPSA) is 57.5 Å². The van der Waals surface area contributed by atoms with Gasteiger partial charge in [-0.2, -0.15) is 0 Å². The number of carboxylic acids is 1. The van der Waals surface area contributed by atoms with Crippen molar-refractivity contribution in [2.45, 2.75) is 31.8 Å². The third-order valence-electron chi connectivity index (χ3n) is 2.79. The summed E-state index contributed by atoms with van der Waals surface area (Å²) in [6.07, 6.45) is 4.32. The summed E-state index contributed by atoms with van der Waals surface area (Å²) < 4.78 is 0. The van der Waals surface area contributed by atoms with Crippen LogP contribution in [0.25, 0.3) is 0 Å². The Hall–Kier alpha value is -0.830. The first-order chi connectivity index (χ1) is 6.15. The van der Waals surface area contributed by atoms with Crippen molar-refractivity contribution in [2.75, 3.05) is 0 Å². The molecule has 0 heterocycles. The Morgan fingerprint density at radius 2 is 1.92 bits per heavy atom. The van der Waals surface area contributed by atoms with Crippen LogP contribution in [-0.2, 0) is 4.79 Å². The van der Waals surface area contributed by atoms with Crippen molar-refractivity contribution >= 4 is 5.97 Å². The molecule has 2 N–H and O–H groups in total. The first-order valence-electron chi connectivity index (χ1n) is 4.68. The van der Waals surface area contributed by atoms with Gasteiger partial charge in [0, 0.05) is 0 Å². The number of rotatable bonds is 3. The second kappa shape index (κ2) is 4.42. The zero-order chi connectivity index (χ0) is 9.84.